The molecule has 27 heavy (non-hydrogen) atoms. The van der Waals surface area contributed by atoms with E-state index in [1.807, 2.05) is 19.1 Å². The van der Waals surface area contributed by atoms with E-state index in [1.54, 1.807) is 12.1 Å². The van der Waals surface area contributed by atoms with Crippen LogP contribution in [0.4, 0.5) is 20.2 Å². The van der Waals surface area contributed by atoms with E-state index in [2.05, 4.69) is 15.6 Å². The predicted molar refractivity (Wildman–Crippen MR) is 97.7 cm³/mol. The highest BCUT2D eigenvalue weighted by Crippen LogP contribution is 2.15. The van der Waals surface area contributed by atoms with Crippen LogP contribution in [0.5, 0.6) is 0 Å². The quantitative estimate of drug-likeness (QED) is 0.727. The highest BCUT2D eigenvalue weighted by Gasteiger charge is 2.13. The molecule has 3 rings (SSSR count). The van der Waals surface area contributed by atoms with E-state index in [9.17, 15) is 18.4 Å². The average Bonchev–Trinajstić information content (AvgIpc) is 2.66. The van der Waals surface area contributed by atoms with Gasteiger partial charge in [-0.05, 0) is 43.3 Å². The van der Waals surface area contributed by atoms with Crippen LogP contribution in [-0.4, -0.2) is 16.8 Å². The van der Waals surface area contributed by atoms with Crippen LogP contribution in [0.1, 0.15) is 26.5 Å². The molecule has 3 aromatic rings. The zero-order valence-electron chi connectivity index (χ0n) is 14.3. The Morgan fingerprint density at radius 3 is 1.93 bits per heavy atom. The molecular weight excluding hydrogens is 352 g/mol. The number of amides is 2. The van der Waals surface area contributed by atoms with Crippen molar-refractivity contribution in [3.63, 3.8) is 0 Å². The van der Waals surface area contributed by atoms with Crippen molar-refractivity contribution < 1.29 is 18.4 Å². The molecule has 0 bridgehead atoms. The fourth-order valence-electron chi connectivity index (χ4n) is 2.29. The second-order valence-corrected chi connectivity index (χ2v) is 5.81. The Morgan fingerprint density at radius 1 is 0.778 bits per heavy atom. The second kappa shape index (κ2) is 7.74. The van der Waals surface area contributed by atoms with Gasteiger partial charge in [0.05, 0.1) is 0 Å². The number of halogens is 2. The molecule has 0 fully saturated rings. The van der Waals surface area contributed by atoms with Crippen LogP contribution < -0.4 is 10.6 Å². The number of nitrogens with zero attached hydrogens (tertiary/aromatic N) is 1. The maximum atomic E-state index is 13.2. The Bertz CT molecular complexity index is 1000. The first-order valence-electron chi connectivity index (χ1n) is 8.04. The molecule has 0 saturated carbocycles. The molecule has 0 aliphatic carbocycles. The second-order valence-electron chi connectivity index (χ2n) is 5.81. The third-order valence-electron chi connectivity index (χ3n) is 3.70. The lowest BCUT2D eigenvalue weighted by atomic mass is 10.2. The topological polar surface area (TPSA) is 71.1 Å². The van der Waals surface area contributed by atoms with E-state index in [0.29, 0.717) is 5.69 Å². The van der Waals surface area contributed by atoms with Gasteiger partial charge in [0.1, 0.15) is 11.4 Å². The number of pyridine rings is 1. The van der Waals surface area contributed by atoms with Gasteiger partial charge in [-0.2, -0.15) is 0 Å². The van der Waals surface area contributed by atoms with E-state index >= 15 is 0 Å². The first kappa shape index (κ1) is 18.2. The van der Waals surface area contributed by atoms with Crippen molar-refractivity contribution in [2.45, 2.75) is 6.92 Å². The summed E-state index contributed by atoms with van der Waals surface area (Å²) in [7, 11) is 0. The molecule has 0 aliphatic rings. The number of hydrogen-bond donors (Lipinski definition) is 2. The minimum absolute atomic E-state index is 0.0312. The maximum Gasteiger partial charge on any atom is 0.274 e. The van der Waals surface area contributed by atoms with Crippen LogP contribution in [-0.2, 0) is 0 Å². The van der Waals surface area contributed by atoms with Gasteiger partial charge in [-0.1, -0.05) is 23.8 Å². The van der Waals surface area contributed by atoms with Crippen LogP contribution in [0, 0.1) is 18.6 Å². The average molecular weight is 367 g/mol. The third-order valence-corrected chi connectivity index (χ3v) is 3.70. The maximum absolute atomic E-state index is 13.2. The number of carbonyl (C=O) groups excluding carboxylic acids is 2. The van der Waals surface area contributed by atoms with Gasteiger partial charge in [-0.25, -0.2) is 13.8 Å². The summed E-state index contributed by atoms with van der Waals surface area (Å²) < 4.78 is 26.2. The number of nitrogens with one attached hydrogen (secondary N) is 2. The fourth-order valence-corrected chi connectivity index (χ4v) is 2.29. The van der Waals surface area contributed by atoms with Crippen LogP contribution in [0.15, 0.2) is 60.7 Å². The number of carbonyl (C=O) groups is 2. The Kier molecular flexibility index (Phi) is 5.21. The highest BCUT2D eigenvalue weighted by atomic mass is 19.2. The van der Waals surface area contributed by atoms with Crippen LogP contribution in [0.3, 0.4) is 0 Å². The standard InChI is InChI=1S/C20H15F2N3O2/c1-12-5-7-13(8-6-12)23-19(26)17-3-2-4-18(25-17)20(27)24-14-9-10-15(21)16(22)11-14/h2-11H,1H3,(H,23,26)(H,24,27). The molecule has 136 valence electrons. The highest BCUT2D eigenvalue weighted by molar-refractivity contribution is 6.06. The van der Waals surface area contributed by atoms with Gasteiger partial charge >= 0.3 is 0 Å². The molecule has 1 heterocycles. The molecule has 0 saturated heterocycles. The zero-order chi connectivity index (χ0) is 19.4. The largest absolute Gasteiger partial charge is 0.321 e. The van der Waals surface area contributed by atoms with E-state index < -0.39 is 23.4 Å². The Balaban J connectivity index is 1.73. The number of aromatic nitrogens is 1. The van der Waals surface area contributed by atoms with Crippen molar-refractivity contribution in [3.8, 4) is 0 Å². The molecular formula is C20H15F2N3O2. The predicted octanol–water partition coefficient (Wildman–Crippen LogP) is 4.17. The molecule has 5 nitrogen and oxygen atoms in total. The van der Waals surface area contributed by atoms with Crippen molar-refractivity contribution in [1.29, 1.82) is 0 Å². The Hall–Kier alpha value is -3.61. The van der Waals surface area contributed by atoms with Gasteiger partial charge in [0.15, 0.2) is 11.6 Å². The minimum atomic E-state index is -1.08. The summed E-state index contributed by atoms with van der Waals surface area (Å²) in [5, 5.41) is 5.10. The number of benzene rings is 2. The summed E-state index contributed by atoms with van der Waals surface area (Å²) in [6.45, 7) is 1.93. The Labute approximate surface area is 154 Å². The molecule has 2 aromatic carbocycles. The molecule has 0 radical (unpaired) electrons. The normalized spacial score (nSPS) is 10.3. The van der Waals surface area contributed by atoms with Gasteiger partial charge in [-0.15, -0.1) is 0 Å². The monoisotopic (exact) mass is 367 g/mol. The molecule has 2 amide bonds. The lowest BCUT2D eigenvalue weighted by Crippen LogP contribution is -2.18. The van der Waals surface area contributed by atoms with E-state index in [4.69, 9.17) is 0 Å². The molecule has 0 unspecified atom stereocenters. The molecule has 0 spiro atoms. The SMILES string of the molecule is Cc1ccc(NC(=O)c2cccc(C(=O)Nc3ccc(F)c(F)c3)n2)cc1. The molecule has 1 aromatic heterocycles. The van der Waals surface area contributed by atoms with Gasteiger partial charge in [0.2, 0.25) is 0 Å². The first-order valence-corrected chi connectivity index (χ1v) is 8.04. The van der Waals surface area contributed by atoms with Crippen LogP contribution in [0.25, 0.3) is 0 Å². The summed E-state index contributed by atoms with van der Waals surface area (Å²) in [6, 6.07) is 14.6. The summed E-state index contributed by atoms with van der Waals surface area (Å²) in [6.07, 6.45) is 0. The summed E-state index contributed by atoms with van der Waals surface area (Å²) in [5.74, 6) is -3.21. The van der Waals surface area contributed by atoms with Crippen LogP contribution in [0.2, 0.25) is 0 Å². The number of rotatable bonds is 4. The molecule has 0 aliphatic heterocycles. The third kappa shape index (κ3) is 4.52. The van der Waals surface area contributed by atoms with E-state index in [-0.39, 0.29) is 17.1 Å². The van der Waals surface area contributed by atoms with Gasteiger partial charge in [0.25, 0.3) is 11.8 Å². The smallest absolute Gasteiger partial charge is 0.274 e. The molecule has 7 heteroatoms. The van der Waals surface area contributed by atoms with E-state index in [0.717, 1.165) is 17.7 Å². The van der Waals surface area contributed by atoms with Crippen LogP contribution >= 0.6 is 0 Å². The lowest BCUT2D eigenvalue weighted by Gasteiger charge is -2.08. The fraction of sp³-hybridized carbons (Fsp3) is 0.0500. The first-order chi connectivity index (χ1) is 12.9. The summed E-state index contributed by atoms with van der Waals surface area (Å²) >= 11 is 0. The summed E-state index contributed by atoms with van der Waals surface area (Å²) in [5.41, 5.74) is 1.76. The minimum Gasteiger partial charge on any atom is -0.321 e. The van der Waals surface area contributed by atoms with Crippen molar-refractivity contribution in [3.05, 3.63) is 89.2 Å². The number of anilines is 2. The van der Waals surface area contributed by atoms with Crippen molar-refractivity contribution in [1.82, 2.24) is 4.98 Å². The zero-order valence-corrected chi connectivity index (χ0v) is 14.3. The van der Waals surface area contributed by atoms with Gasteiger partial charge in [0, 0.05) is 17.4 Å². The van der Waals surface area contributed by atoms with Crippen molar-refractivity contribution in [2.75, 3.05) is 10.6 Å². The van der Waals surface area contributed by atoms with Gasteiger partial charge in [-0.3, -0.25) is 9.59 Å². The molecule has 0 atom stereocenters. The lowest BCUT2D eigenvalue weighted by molar-refractivity contribution is 0.101. The number of aryl methyl sites for hydroxylation is 1. The Morgan fingerprint density at radius 2 is 1.33 bits per heavy atom. The van der Waals surface area contributed by atoms with Gasteiger partial charge < -0.3 is 10.6 Å². The molecule has 2 N–H and O–H groups in total. The summed E-state index contributed by atoms with van der Waals surface area (Å²) in [4.78, 5) is 28.6. The number of hydrogen-bond acceptors (Lipinski definition) is 3. The van der Waals surface area contributed by atoms with Crippen molar-refractivity contribution in [2.24, 2.45) is 0 Å². The van der Waals surface area contributed by atoms with E-state index in [1.165, 1.54) is 24.3 Å². The van der Waals surface area contributed by atoms with Crippen molar-refractivity contribution >= 4 is 23.2 Å².